The van der Waals surface area contributed by atoms with Crippen LogP contribution >= 0.6 is 0 Å². The minimum absolute atomic E-state index is 0.294. The molecule has 0 amide bonds. The molecule has 7 heteroatoms. The predicted molar refractivity (Wildman–Crippen MR) is 107 cm³/mol. The zero-order valence-corrected chi connectivity index (χ0v) is 15.3. The van der Waals surface area contributed by atoms with Gasteiger partial charge in [-0.2, -0.15) is 5.26 Å². The van der Waals surface area contributed by atoms with E-state index in [0.29, 0.717) is 17.5 Å². The van der Waals surface area contributed by atoms with Gasteiger partial charge < -0.3 is 22.6 Å². The lowest BCUT2D eigenvalue weighted by Gasteiger charge is -2.03. The molecule has 1 saturated carbocycles. The third kappa shape index (κ3) is 5.79. The van der Waals surface area contributed by atoms with Crippen LogP contribution in [0.2, 0.25) is 0 Å². The third-order valence-electron chi connectivity index (χ3n) is 4.50. The predicted octanol–water partition coefficient (Wildman–Crippen LogP) is 6.06. The summed E-state index contributed by atoms with van der Waals surface area (Å²) in [5, 5.41) is 12.5. The second-order valence-electron chi connectivity index (χ2n) is 6.52. The van der Waals surface area contributed by atoms with Crippen molar-refractivity contribution < 1.29 is 17.3 Å². The Morgan fingerprint density at radius 1 is 0.793 bits per heavy atom. The van der Waals surface area contributed by atoms with E-state index in [1.165, 1.54) is 17.0 Å². The van der Waals surface area contributed by atoms with Gasteiger partial charge in [-0.05, 0) is 48.0 Å². The molecule has 0 radical (unpaired) electrons. The lowest BCUT2D eigenvalue weighted by molar-refractivity contribution is 0.368. The van der Waals surface area contributed by atoms with Crippen LogP contribution in [0.5, 0.6) is 0 Å². The molecule has 1 N–H and O–H groups in total. The first-order chi connectivity index (χ1) is 13.9. The van der Waals surface area contributed by atoms with Gasteiger partial charge in [0.1, 0.15) is 11.6 Å². The first-order valence-corrected chi connectivity index (χ1v) is 8.98. The highest BCUT2D eigenvalue weighted by molar-refractivity contribution is 6.50. The highest BCUT2D eigenvalue weighted by Crippen LogP contribution is 2.55. The normalized spacial score (nSPS) is 17.6. The van der Waals surface area contributed by atoms with E-state index in [2.05, 4.69) is 66.0 Å². The van der Waals surface area contributed by atoms with Gasteiger partial charge in [0.05, 0.1) is 23.5 Å². The summed E-state index contributed by atoms with van der Waals surface area (Å²) in [5.41, 5.74) is 4.36. The molecule has 1 aliphatic rings. The molecular formula is C22H17BF4N2. The summed E-state index contributed by atoms with van der Waals surface area (Å²) in [4.78, 5) is 0. The van der Waals surface area contributed by atoms with Crippen LogP contribution in [0.25, 0.3) is 0 Å². The van der Waals surface area contributed by atoms with Crippen molar-refractivity contribution in [3.8, 4) is 6.07 Å². The molecule has 0 heterocycles. The molecule has 29 heavy (non-hydrogen) atoms. The Morgan fingerprint density at radius 2 is 1.31 bits per heavy atom. The van der Waals surface area contributed by atoms with Gasteiger partial charge in [0.25, 0.3) is 0 Å². The molecule has 0 aliphatic heterocycles. The van der Waals surface area contributed by atoms with Crippen LogP contribution in [0.15, 0.2) is 84.9 Å². The Balaban J connectivity index is 0.000000431. The van der Waals surface area contributed by atoms with E-state index in [4.69, 9.17) is 5.26 Å². The van der Waals surface area contributed by atoms with Crippen molar-refractivity contribution >= 4 is 12.9 Å². The van der Waals surface area contributed by atoms with Crippen LogP contribution in [0.4, 0.5) is 23.0 Å². The first-order valence-electron chi connectivity index (χ1n) is 8.98. The van der Waals surface area contributed by atoms with E-state index in [0.717, 1.165) is 5.69 Å². The standard InChI is InChI=1S/C22H17N2.BF4/c23-15-16-11-13-19(14-12-16)24-22-20(17-7-3-1-4-8-17)21(22)18-9-5-2-6-10-18;2-1(3,4)5/h1-14,20,22,24H;/q+1;-1. The number of benzene rings is 3. The maximum absolute atomic E-state index is 9.75. The summed E-state index contributed by atoms with van der Waals surface area (Å²) in [6.45, 7) is 0. The number of rotatable bonds is 4. The smallest absolute Gasteiger partial charge is 0.418 e. The summed E-state index contributed by atoms with van der Waals surface area (Å²) in [6, 6.07) is 31.3. The fourth-order valence-corrected chi connectivity index (χ4v) is 3.27. The van der Waals surface area contributed by atoms with Gasteiger partial charge in [0.2, 0.25) is 0 Å². The number of hydrogen-bond acceptors (Lipinski definition) is 2. The highest BCUT2D eigenvalue weighted by Gasteiger charge is 2.58. The highest BCUT2D eigenvalue weighted by atomic mass is 19.5. The molecule has 146 valence electrons. The van der Waals surface area contributed by atoms with Crippen LogP contribution in [0.1, 0.15) is 22.6 Å². The van der Waals surface area contributed by atoms with Crippen LogP contribution in [0.3, 0.4) is 0 Å². The van der Waals surface area contributed by atoms with Crippen molar-refractivity contribution in [3.63, 3.8) is 0 Å². The number of hydrogen-bond donors (Lipinski definition) is 1. The first kappa shape index (κ1) is 20.3. The fourth-order valence-electron chi connectivity index (χ4n) is 3.27. The molecule has 1 aliphatic carbocycles. The topological polar surface area (TPSA) is 35.8 Å². The summed E-state index contributed by atoms with van der Waals surface area (Å²) in [6.07, 6.45) is 0. The Bertz CT molecular complexity index is 903. The second kappa shape index (κ2) is 8.74. The molecule has 2 unspecified atom stereocenters. The Kier molecular flexibility index (Phi) is 6.13. The van der Waals surface area contributed by atoms with E-state index in [1.807, 2.05) is 30.3 Å². The molecule has 1 fully saturated rings. The molecule has 0 spiro atoms. The zero-order valence-electron chi connectivity index (χ0n) is 15.3. The number of nitrogens with zero attached hydrogens (tertiary/aromatic N) is 1. The molecule has 0 bridgehead atoms. The van der Waals surface area contributed by atoms with Crippen molar-refractivity contribution in [2.75, 3.05) is 5.32 Å². The molecule has 4 rings (SSSR count). The van der Waals surface area contributed by atoms with Crippen LogP contribution in [-0.2, 0) is 0 Å². The molecule has 0 aromatic heterocycles. The maximum atomic E-state index is 9.75. The maximum Gasteiger partial charge on any atom is 0.673 e. The lowest BCUT2D eigenvalue weighted by Crippen LogP contribution is -2.05. The van der Waals surface area contributed by atoms with E-state index >= 15 is 0 Å². The second-order valence-corrected chi connectivity index (χ2v) is 6.52. The SMILES string of the molecule is F[B-](F)(F)F.N#Cc1ccc(NC2[C+](c3ccccc3)C2c2ccccc2)cc1. The van der Waals surface area contributed by atoms with Crippen LogP contribution < -0.4 is 5.32 Å². The van der Waals surface area contributed by atoms with E-state index in [9.17, 15) is 17.3 Å². The molecular weight excluding hydrogens is 379 g/mol. The Labute approximate surface area is 166 Å². The van der Waals surface area contributed by atoms with Gasteiger partial charge in [-0.3, -0.25) is 0 Å². The fraction of sp³-hybridized carbons (Fsp3) is 0.0909. The minimum atomic E-state index is -6.00. The lowest BCUT2D eigenvalue weighted by atomic mass is 10.0. The minimum Gasteiger partial charge on any atom is -0.418 e. The summed E-state index contributed by atoms with van der Waals surface area (Å²) >= 11 is 0. The van der Waals surface area contributed by atoms with Gasteiger partial charge in [0.15, 0.2) is 0 Å². The van der Waals surface area contributed by atoms with Gasteiger partial charge in [0, 0.05) is 17.8 Å². The van der Waals surface area contributed by atoms with Crippen LogP contribution in [0, 0.1) is 17.2 Å². The Morgan fingerprint density at radius 3 is 1.83 bits per heavy atom. The van der Waals surface area contributed by atoms with E-state index < -0.39 is 7.25 Å². The molecule has 2 nitrogen and oxygen atoms in total. The van der Waals surface area contributed by atoms with Crippen molar-refractivity contribution in [2.24, 2.45) is 0 Å². The van der Waals surface area contributed by atoms with E-state index in [-0.39, 0.29) is 0 Å². The van der Waals surface area contributed by atoms with Gasteiger partial charge in [-0.15, -0.1) is 0 Å². The number of anilines is 1. The summed E-state index contributed by atoms with van der Waals surface area (Å²) in [7, 11) is -6.00. The van der Waals surface area contributed by atoms with E-state index in [1.54, 1.807) is 0 Å². The van der Waals surface area contributed by atoms with Crippen molar-refractivity contribution in [2.45, 2.75) is 12.0 Å². The monoisotopic (exact) mass is 396 g/mol. The molecule has 3 aromatic carbocycles. The quantitative estimate of drug-likeness (QED) is 0.331. The number of nitriles is 1. The zero-order chi connectivity index (χ0) is 20.9. The van der Waals surface area contributed by atoms with Gasteiger partial charge in [-0.25, -0.2) is 0 Å². The largest absolute Gasteiger partial charge is 0.673 e. The summed E-state index contributed by atoms with van der Waals surface area (Å²) < 4.78 is 39.0. The van der Waals surface area contributed by atoms with Gasteiger partial charge >= 0.3 is 7.25 Å². The van der Waals surface area contributed by atoms with Gasteiger partial charge in [-0.1, -0.05) is 30.3 Å². The molecule has 2 atom stereocenters. The Hall–Kier alpha value is -3.40. The number of halogens is 4. The number of nitrogens with one attached hydrogen (secondary N) is 1. The molecule has 0 saturated heterocycles. The van der Waals surface area contributed by atoms with Crippen molar-refractivity contribution in [1.82, 2.24) is 0 Å². The average molecular weight is 396 g/mol. The van der Waals surface area contributed by atoms with Crippen molar-refractivity contribution in [3.05, 3.63) is 108 Å². The third-order valence-corrected chi connectivity index (χ3v) is 4.50. The average Bonchev–Trinajstić information content (AvgIpc) is 3.42. The van der Waals surface area contributed by atoms with Crippen LogP contribution in [-0.4, -0.2) is 13.3 Å². The molecule has 3 aromatic rings. The summed E-state index contributed by atoms with van der Waals surface area (Å²) in [5.74, 6) is 1.82. The van der Waals surface area contributed by atoms with Crippen molar-refractivity contribution in [1.29, 1.82) is 5.26 Å².